The van der Waals surface area contributed by atoms with Crippen LogP contribution in [0.3, 0.4) is 0 Å². The lowest BCUT2D eigenvalue weighted by Gasteiger charge is -2.08. The predicted octanol–water partition coefficient (Wildman–Crippen LogP) is 2.44. The molecule has 1 aliphatic heterocycles. The third-order valence-electron chi connectivity index (χ3n) is 3.22. The van der Waals surface area contributed by atoms with Gasteiger partial charge in [-0.2, -0.15) is 0 Å². The van der Waals surface area contributed by atoms with E-state index in [0.29, 0.717) is 29.9 Å². The Balaban J connectivity index is 1.88. The first-order chi connectivity index (χ1) is 9.25. The van der Waals surface area contributed by atoms with E-state index in [2.05, 4.69) is 0 Å². The van der Waals surface area contributed by atoms with Gasteiger partial charge in [-0.05, 0) is 12.5 Å². The van der Waals surface area contributed by atoms with Crippen molar-refractivity contribution in [1.82, 2.24) is 0 Å². The number of ether oxygens (including phenoxy) is 2. The molecular formula is C14H14O5. The first-order valence-corrected chi connectivity index (χ1v) is 6.19. The Bertz CT molecular complexity index is 595. The van der Waals surface area contributed by atoms with Gasteiger partial charge in [-0.15, -0.1) is 0 Å². The number of para-hydroxylation sites is 1. The summed E-state index contributed by atoms with van der Waals surface area (Å²) in [6.07, 6.45) is 0.859. The zero-order chi connectivity index (χ0) is 13.2. The molecule has 1 unspecified atom stereocenters. The molecule has 0 aliphatic carbocycles. The molecule has 0 amide bonds. The van der Waals surface area contributed by atoms with Crippen LogP contribution in [0.1, 0.15) is 22.5 Å². The quantitative estimate of drug-likeness (QED) is 0.916. The zero-order valence-corrected chi connectivity index (χ0v) is 10.3. The molecule has 1 saturated heterocycles. The number of hydrogen-bond acceptors (Lipinski definition) is 4. The number of benzene rings is 1. The van der Waals surface area contributed by atoms with Crippen LogP contribution in [0.5, 0.6) is 0 Å². The van der Waals surface area contributed by atoms with Crippen LogP contribution in [-0.2, 0) is 16.1 Å². The Labute approximate surface area is 109 Å². The summed E-state index contributed by atoms with van der Waals surface area (Å²) in [5.74, 6) is -0.633. The van der Waals surface area contributed by atoms with Crippen LogP contribution in [0.4, 0.5) is 0 Å². The number of rotatable bonds is 4. The van der Waals surface area contributed by atoms with Gasteiger partial charge in [0.25, 0.3) is 0 Å². The second kappa shape index (κ2) is 5.03. The van der Waals surface area contributed by atoms with Crippen molar-refractivity contribution in [2.24, 2.45) is 0 Å². The molecule has 2 aromatic rings. The Morgan fingerprint density at radius 1 is 1.42 bits per heavy atom. The molecule has 100 valence electrons. The average molecular weight is 262 g/mol. The van der Waals surface area contributed by atoms with Crippen molar-refractivity contribution in [2.75, 3.05) is 13.2 Å². The zero-order valence-electron chi connectivity index (χ0n) is 10.3. The first kappa shape index (κ1) is 12.2. The van der Waals surface area contributed by atoms with Gasteiger partial charge < -0.3 is 19.0 Å². The van der Waals surface area contributed by atoms with Crippen LogP contribution in [0.25, 0.3) is 11.0 Å². The summed E-state index contributed by atoms with van der Waals surface area (Å²) in [7, 11) is 0. The second-order valence-corrected chi connectivity index (χ2v) is 4.50. The lowest BCUT2D eigenvalue weighted by Crippen LogP contribution is -2.12. The van der Waals surface area contributed by atoms with Gasteiger partial charge in [0.05, 0.1) is 12.7 Å². The number of furan rings is 1. The second-order valence-electron chi connectivity index (χ2n) is 4.50. The minimum atomic E-state index is -0.994. The molecule has 1 atom stereocenters. The van der Waals surface area contributed by atoms with Gasteiger partial charge in [0.15, 0.2) is 0 Å². The third-order valence-corrected chi connectivity index (χ3v) is 3.22. The molecule has 3 rings (SSSR count). The van der Waals surface area contributed by atoms with Crippen LogP contribution in [0, 0.1) is 0 Å². The van der Waals surface area contributed by atoms with Crippen LogP contribution in [0.15, 0.2) is 28.7 Å². The lowest BCUT2D eigenvalue weighted by atomic mass is 10.1. The molecule has 19 heavy (non-hydrogen) atoms. The van der Waals surface area contributed by atoms with Crippen molar-refractivity contribution in [2.45, 2.75) is 19.1 Å². The minimum absolute atomic E-state index is 0.0230. The Kier molecular flexibility index (Phi) is 3.23. The molecule has 5 nitrogen and oxygen atoms in total. The average Bonchev–Trinajstić information content (AvgIpc) is 3.03. The van der Waals surface area contributed by atoms with Crippen LogP contribution in [-0.4, -0.2) is 30.4 Å². The van der Waals surface area contributed by atoms with E-state index in [1.165, 1.54) is 0 Å². The monoisotopic (exact) mass is 262 g/mol. The number of fused-ring (bicyclic) bond motifs is 1. The topological polar surface area (TPSA) is 68.9 Å². The van der Waals surface area contributed by atoms with E-state index in [-0.39, 0.29) is 18.3 Å². The molecular weight excluding hydrogens is 248 g/mol. The first-order valence-electron chi connectivity index (χ1n) is 6.19. The van der Waals surface area contributed by atoms with Gasteiger partial charge in [0.1, 0.15) is 23.5 Å². The number of hydrogen-bond donors (Lipinski definition) is 1. The highest BCUT2D eigenvalue weighted by Crippen LogP contribution is 2.27. The molecule has 2 heterocycles. The maximum Gasteiger partial charge on any atom is 0.340 e. The largest absolute Gasteiger partial charge is 0.478 e. The molecule has 1 aliphatic rings. The summed E-state index contributed by atoms with van der Waals surface area (Å²) in [5, 5.41) is 9.91. The van der Waals surface area contributed by atoms with Crippen molar-refractivity contribution in [3.8, 4) is 0 Å². The molecule has 5 heteroatoms. The number of aromatic carboxylic acids is 1. The van der Waals surface area contributed by atoms with Crippen molar-refractivity contribution >= 4 is 16.9 Å². The summed E-state index contributed by atoms with van der Waals surface area (Å²) in [6.45, 7) is 1.41. The van der Waals surface area contributed by atoms with Gasteiger partial charge in [-0.3, -0.25) is 0 Å². The van der Waals surface area contributed by atoms with Crippen molar-refractivity contribution in [1.29, 1.82) is 0 Å². The molecule has 1 N–H and O–H groups in total. The molecule has 1 aromatic heterocycles. The van der Waals surface area contributed by atoms with E-state index in [0.717, 1.165) is 6.42 Å². The van der Waals surface area contributed by atoms with Gasteiger partial charge in [0, 0.05) is 12.0 Å². The van der Waals surface area contributed by atoms with Gasteiger partial charge in [-0.1, -0.05) is 18.2 Å². The molecule has 0 bridgehead atoms. The predicted molar refractivity (Wildman–Crippen MR) is 67.2 cm³/mol. The normalized spacial score (nSPS) is 19.1. The Morgan fingerprint density at radius 3 is 3.00 bits per heavy atom. The van der Waals surface area contributed by atoms with Crippen LogP contribution >= 0.6 is 0 Å². The number of carboxylic acids is 1. The van der Waals surface area contributed by atoms with Crippen LogP contribution in [0.2, 0.25) is 0 Å². The summed E-state index contributed by atoms with van der Waals surface area (Å²) in [4.78, 5) is 11.4. The lowest BCUT2D eigenvalue weighted by molar-refractivity contribution is 0.0231. The Morgan fingerprint density at radius 2 is 2.26 bits per heavy atom. The number of carboxylic acid groups (broad SMARTS) is 1. The van der Waals surface area contributed by atoms with Crippen molar-refractivity contribution in [3.63, 3.8) is 0 Å². The van der Waals surface area contributed by atoms with Gasteiger partial charge in [0.2, 0.25) is 0 Å². The number of carbonyl (C=O) groups is 1. The molecule has 0 saturated carbocycles. The fourth-order valence-electron chi connectivity index (χ4n) is 2.27. The van der Waals surface area contributed by atoms with E-state index >= 15 is 0 Å². The van der Waals surface area contributed by atoms with E-state index < -0.39 is 5.97 Å². The molecule has 1 aromatic carbocycles. The Hall–Kier alpha value is -1.85. The third kappa shape index (κ3) is 2.34. The molecule has 1 fully saturated rings. The maximum absolute atomic E-state index is 11.4. The van der Waals surface area contributed by atoms with Crippen LogP contribution < -0.4 is 0 Å². The highest BCUT2D eigenvalue weighted by atomic mass is 16.5. The standard InChI is InChI=1S/C14H14O5/c15-14(16)13-10-3-1-2-4-11(10)19-12(13)8-18-9-5-6-17-7-9/h1-4,9H,5-8H2,(H,15,16). The summed E-state index contributed by atoms with van der Waals surface area (Å²) < 4.78 is 16.4. The summed E-state index contributed by atoms with van der Waals surface area (Å²) in [6, 6.07) is 7.10. The highest BCUT2D eigenvalue weighted by molar-refractivity contribution is 6.03. The fraction of sp³-hybridized carbons (Fsp3) is 0.357. The van der Waals surface area contributed by atoms with E-state index in [1.54, 1.807) is 18.2 Å². The van der Waals surface area contributed by atoms with E-state index in [4.69, 9.17) is 13.9 Å². The smallest absolute Gasteiger partial charge is 0.340 e. The summed E-state index contributed by atoms with van der Waals surface area (Å²) >= 11 is 0. The van der Waals surface area contributed by atoms with Gasteiger partial charge in [-0.25, -0.2) is 4.79 Å². The van der Waals surface area contributed by atoms with E-state index in [9.17, 15) is 9.90 Å². The van der Waals surface area contributed by atoms with Crippen molar-refractivity contribution in [3.05, 3.63) is 35.6 Å². The molecule has 0 radical (unpaired) electrons. The minimum Gasteiger partial charge on any atom is -0.478 e. The SMILES string of the molecule is O=C(O)c1c(COC2CCOC2)oc2ccccc12. The highest BCUT2D eigenvalue weighted by Gasteiger charge is 2.22. The maximum atomic E-state index is 11.4. The van der Waals surface area contributed by atoms with E-state index in [1.807, 2.05) is 6.07 Å². The molecule has 0 spiro atoms. The van der Waals surface area contributed by atoms with Crippen molar-refractivity contribution < 1.29 is 23.8 Å². The summed E-state index contributed by atoms with van der Waals surface area (Å²) in [5.41, 5.74) is 0.760. The fourth-order valence-corrected chi connectivity index (χ4v) is 2.27. The van der Waals surface area contributed by atoms with Gasteiger partial charge >= 0.3 is 5.97 Å².